The first-order chi connectivity index (χ1) is 8.00. The first-order valence-corrected chi connectivity index (χ1v) is 7.12. The molecule has 0 saturated carbocycles. The quantitative estimate of drug-likeness (QED) is 0.591. The smallest absolute Gasteiger partial charge is 0.174 e. The average molecular weight is 292 g/mol. The number of nitrogens with zero attached hydrogens (tertiary/aromatic N) is 1. The summed E-state index contributed by atoms with van der Waals surface area (Å²) in [5.74, 6) is 1.44. The van der Waals surface area contributed by atoms with Crippen molar-refractivity contribution in [1.29, 1.82) is 0 Å². The second kappa shape index (κ2) is 7.27. The van der Waals surface area contributed by atoms with Crippen molar-refractivity contribution in [2.24, 2.45) is 0 Å². The Kier molecular flexibility index (Phi) is 6.34. The van der Waals surface area contributed by atoms with Crippen molar-refractivity contribution >= 4 is 40.7 Å². The number of hydrogen-bond donors (Lipinski definition) is 0. The maximum absolute atomic E-state index is 11.9. The fraction of sp³-hybridized carbons (Fsp3) is 0.417. The Morgan fingerprint density at radius 1 is 1.35 bits per heavy atom. The molecule has 2 nitrogen and oxygen atoms in total. The molecule has 0 aromatic heterocycles. The van der Waals surface area contributed by atoms with Gasteiger partial charge in [-0.1, -0.05) is 23.2 Å². The minimum atomic E-state index is 0.0513. The molecule has 0 aliphatic carbocycles. The van der Waals surface area contributed by atoms with Crippen LogP contribution in [0.1, 0.15) is 10.4 Å². The summed E-state index contributed by atoms with van der Waals surface area (Å²) in [7, 11) is 4.02. The van der Waals surface area contributed by atoms with E-state index in [1.807, 2.05) is 14.1 Å². The highest BCUT2D eigenvalue weighted by molar-refractivity contribution is 8.00. The number of carbonyl (C=O) groups is 1. The number of thioether (sulfide) groups is 1. The van der Waals surface area contributed by atoms with Gasteiger partial charge < -0.3 is 4.90 Å². The van der Waals surface area contributed by atoms with Gasteiger partial charge in [0, 0.05) is 22.9 Å². The van der Waals surface area contributed by atoms with E-state index in [1.165, 1.54) is 0 Å². The van der Waals surface area contributed by atoms with E-state index in [1.54, 1.807) is 30.0 Å². The Hall–Kier alpha value is -0.220. The van der Waals surface area contributed by atoms with Gasteiger partial charge in [0.2, 0.25) is 0 Å². The molecule has 1 aromatic rings. The largest absolute Gasteiger partial charge is 0.309 e. The maximum atomic E-state index is 11.9. The molecule has 0 amide bonds. The molecule has 0 radical (unpaired) electrons. The van der Waals surface area contributed by atoms with Crippen LogP contribution in [0.5, 0.6) is 0 Å². The fourth-order valence-corrected chi connectivity index (χ4v) is 2.70. The second-order valence-electron chi connectivity index (χ2n) is 3.90. The molecule has 0 aliphatic rings. The molecule has 0 bridgehead atoms. The van der Waals surface area contributed by atoms with Crippen molar-refractivity contribution < 1.29 is 4.79 Å². The highest BCUT2D eigenvalue weighted by atomic mass is 35.5. The lowest BCUT2D eigenvalue weighted by molar-refractivity contribution is 0.102. The SMILES string of the molecule is CN(C)CCSCC(=O)c1ccc(Cl)cc1Cl. The Labute approximate surface area is 116 Å². The molecule has 1 rings (SSSR count). The molecule has 0 unspecified atom stereocenters. The van der Waals surface area contributed by atoms with Crippen molar-refractivity contribution in [3.05, 3.63) is 33.8 Å². The monoisotopic (exact) mass is 291 g/mol. The molecule has 0 saturated heterocycles. The van der Waals surface area contributed by atoms with E-state index < -0.39 is 0 Å². The van der Waals surface area contributed by atoms with E-state index in [9.17, 15) is 4.79 Å². The molecule has 1 aromatic carbocycles. The molecule has 17 heavy (non-hydrogen) atoms. The van der Waals surface area contributed by atoms with Gasteiger partial charge in [0.15, 0.2) is 5.78 Å². The number of rotatable bonds is 6. The molecule has 0 aliphatic heterocycles. The highest BCUT2D eigenvalue weighted by Crippen LogP contribution is 2.22. The molecule has 0 N–H and O–H groups in total. The van der Waals surface area contributed by atoms with Crippen LogP contribution >= 0.6 is 35.0 Å². The summed E-state index contributed by atoms with van der Waals surface area (Å²) in [6.07, 6.45) is 0. The summed E-state index contributed by atoms with van der Waals surface area (Å²) < 4.78 is 0. The van der Waals surface area contributed by atoms with Gasteiger partial charge in [0.25, 0.3) is 0 Å². The predicted molar refractivity (Wildman–Crippen MR) is 76.7 cm³/mol. The van der Waals surface area contributed by atoms with Crippen molar-refractivity contribution in [3.63, 3.8) is 0 Å². The number of benzene rings is 1. The lowest BCUT2D eigenvalue weighted by Crippen LogP contribution is -2.15. The third-order valence-corrected chi connectivity index (χ3v) is 3.63. The zero-order chi connectivity index (χ0) is 12.8. The third kappa shape index (κ3) is 5.30. The van der Waals surface area contributed by atoms with Crippen molar-refractivity contribution in [1.82, 2.24) is 4.90 Å². The van der Waals surface area contributed by atoms with E-state index in [0.29, 0.717) is 21.4 Å². The number of Topliss-reactive ketones (excluding diaryl/α,β-unsaturated/α-hetero) is 1. The van der Waals surface area contributed by atoms with Crippen LogP contribution in [0, 0.1) is 0 Å². The van der Waals surface area contributed by atoms with Gasteiger partial charge >= 0.3 is 0 Å². The van der Waals surface area contributed by atoms with E-state index in [0.717, 1.165) is 12.3 Å². The van der Waals surface area contributed by atoms with E-state index in [4.69, 9.17) is 23.2 Å². The molecule has 5 heteroatoms. The molecule has 0 atom stereocenters. The summed E-state index contributed by atoms with van der Waals surface area (Å²) in [5.41, 5.74) is 0.549. The van der Waals surface area contributed by atoms with Crippen LogP contribution in [0.4, 0.5) is 0 Å². The van der Waals surface area contributed by atoms with Gasteiger partial charge in [0.05, 0.1) is 10.8 Å². The molecular formula is C12H15Cl2NOS. The van der Waals surface area contributed by atoms with Crippen molar-refractivity contribution in [3.8, 4) is 0 Å². The van der Waals surface area contributed by atoms with Crippen LogP contribution in [0.3, 0.4) is 0 Å². The van der Waals surface area contributed by atoms with Crippen molar-refractivity contribution in [2.45, 2.75) is 0 Å². The number of halogens is 2. The molecule has 0 fully saturated rings. The third-order valence-electron chi connectivity index (χ3n) is 2.15. The minimum absolute atomic E-state index is 0.0513. The molecule has 94 valence electrons. The second-order valence-corrected chi connectivity index (χ2v) is 5.85. The van der Waals surface area contributed by atoms with Gasteiger partial charge in [0.1, 0.15) is 0 Å². The highest BCUT2D eigenvalue weighted by Gasteiger charge is 2.10. The summed E-state index contributed by atoms with van der Waals surface area (Å²) in [4.78, 5) is 13.9. The van der Waals surface area contributed by atoms with E-state index in [2.05, 4.69) is 4.90 Å². The number of hydrogen-bond acceptors (Lipinski definition) is 3. The zero-order valence-corrected chi connectivity index (χ0v) is 12.2. The number of ketones is 1. The predicted octanol–water partition coefficient (Wildman–Crippen LogP) is 3.47. The van der Waals surface area contributed by atoms with Crippen molar-refractivity contribution in [2.75, 3.05) is 32.1 Å². The molecule has 0 heterocycles. The first-order valence-electron chi connectivity index (χ1n) is 5.21. The van der Waals surface area contributed by atoms with E-state index in [-0.39, 0.29) is 5.78 Å². The fourth-order valence-electron chi connectivity index (χ4n) is 1.21. The Morgan fingerprint density at radius 2 is 2.06 bits per heavy atom. The van der Waals surface area contributed by atoms with Crippen LogP contribution in [-0.2, 0) is 0 Å². The lowest BCUT2D eigenvalue weighted by Gasteiger charge is -2.08. The summed E-state index contributed by atoms with van der Waals surface area (Å²) in [6.45, 7) is 0.965. The van der Waals surface area contributed by atoms with Crippen LogP contribution < -0.4 is 0 Å². The van der Waals surface area contributed by atoms with Crippen LogP contribution in [0.25, 0.3) is 0 Å². The summed E-state index contributed by atoms with van der Waals surface area (Å²) in [6, 6.07) is 4.96. The minimum Gasteiger partial charge on any atom is -0.309 e. The normalized spacial score (nSPS) is 10.9. The van der Waals surface area contributed by atoms with Gasteiger partial charge in [-0.3, -0.25) is 4.79 Å². The summed E-state index contributed by atoms with van der Waals surface area (Å²) >= 11 is 13.4. The molecular weight excluding hydrogens is 277 g/mol. The Balaban J connectivity index is 2.47. The Morgan fingerprint density at radius 3 is 2.65 bits per heavy atom. The standard InChI is InChI=1S/C12H15Cl2NOS/c1-15(2)5-6-17-8-12(16)10-4-3-9(13)7-11(10)14/h3-4,7H,5-6,8H2,1-2H3. The average Bonchev–Trinajstić information content (AvgIpc) is 2.23. The van der Waals surface area contributed by atoms with Gasteiger partial charge in [-0.05, 0) is 32.3 Å². The van der Waals surface area contributed by atoms with E-state index >= 15 is 0 Å². The van der Waals surface area contributed by atoms with Gasteiger partial charge in [-0.25, -0.2) is 0 Å². The van der Waals surface area contributed by atoms with Gasteiger partial charge in [-0.15, -0.1) is 0 Å². The number of carbonyl (C=O) groups excluding carboxylic acids is 1. The van der Waals surface area contributed by atoms with Gasteiger partial charge in [-0.2, -0.15) is 11.8 Å². The Bertz CT molecular complexity index is 396. The first kappa shape index (κ1) is 14.8. The summed E-state index contributed by atoms with van der Waals surface area (Å²) in [5, 5.41) is 0.975. The lowest BCUT2D eigenvalue weighted by atomic mass is 10.1. The topological polar surface area (TPSA) is 20.3 Å². The molecule has 0 spiro atoms. The van der Waals surface area contributed by atoms with Crippen LogP contribution in [-0.4, -0.2) is 42.8 Å². The zero-order valence-electron chi connectivity index (χ0n) is 9.87. The van der Waals surface area contributed by atoms with Crippen LogP contribution in [0.15, 0.2) is 18.2 Å². The van der Waals surface area contributed by atoms with Crippen LogP contribution in [0.2, 0.25) is 10.0 Å². The maximum Gasteiger partial charge on any atom is 0.174 e.